The lowest BCUT2D eigenvalue weighted by Crippen LogP contribution is -2.06. The summed E-state index contributed by atoms with van der Waals surface area (Å²) in [7, 11) is 0. The first-order valence-corrected chi connectivity index (χ1v) is 4.86. The molecule has 0 aromatic heterocycles. The van der Waals surface area contributed by atoms with Crippen molar-refractivity contribution in [3.63, 3.8) is 0 Å². The zero-order chi connectivity index (χ0) is 10.4. The van der Waals surface area contributed by atoms with Crippen LogP contribution < -0.4 is 4.74 Å². The molecule has 2 heteroatoms. The molecule has 0 saturated carbocycles. The van der Waals surface area contributed by atoms with Gasteiger partial charge in [0.05, 0.1) is 13.2 Å². The second-order valence-corrected chi connectivity index (χ2v) is 3.43. The number of rotatable bonds is 4. The number of hydrogen-bond donors (Lipinski definition) is 0. The third-order valence-electron chi connectivity index (χ3n) is 2.20. The van der Waals surface area contributed by atoms with Gasteiger partial charge in [0, 0.05) is 0 Å². The van der Waals surface area contributed by atoms with Gasteiger partial charge in [-0.3, -0.25) is 0 Å². The summed E-state index contributed by atoms with van der Waals surface area (Å²) in [5, 5.41) is 0. The second-order valence-electron chi connectivity index (χ2n) is 3.43. The first-order chi connectivity index (χ1) is 6.76. The molecule has 0 radical (unpaired) electrons. The lowest BCUT2D eigenvalue weighted by molar-refractivity contribution is 0.256. The van der Waals surface area contributed by atoms with Crippen molar-refractivity contribution in [2.75, 3.05) is 6.61 Å². The van der Waals surface area contributed by atoms with Crippen LogP contribution in [0.2, 0.25) is 0 Å². The minimum absolute atomic E-state index is 0.579. The van der Waals surface area contributed by atoms with Crippen molar-refractivity contribution in [3.05, 3.63) is 35.7 Å². The summed E-state index contributed by atoms with van der Waals surface area (Å²) < 4.78 is 5.56. The minimum atomic E-state index is 0.579. The molecule has 0 N–H and O–H groups in total. The number of ether oxygens (including phenoxy) is 1. The van der Waals surface area contributed by atoms with Crippen LogP contribution in [0.25, 0.3) is 4.85 Å². The normalized spacial score (nSPS) is 11.8. The third-order valence-corrected chi connectivity index (χ3v) is 2.20. The van der Waals surface area contributed by atoms with E-state index in [2.05, 4.69) is 18.7 Å². The Bertz CT molecular complexity index is 310. The topological polar surface area (TPSA) is 13.6 Å². The van der Waals surface area contributed by atoms with Gasteiger partial charge in [-0.25, -0.2) is 4.85 Å². The highest BCUT2D eigenvalue weighted by Crippen LogP contribution is 2.18. The van der Waals surface area contributed by atoms with Crippen molar-refractivity contribution in [1.29, 1.82) is 0 Å². The Morgan fingerprint density at radius 1 is 1.36 bits per heavy atom. The Labute approximate surface area is 85.3 Å². The van der Waals surface area contributed by atoms with Gasteiger partial charge in [0.25, 0.3) is 0 Å². The summed E-state index contributed by atoms with van der Waals surface area (Å²) in [6.45, 7) is 11.9. The van der Waals surface area contributed by atoms with Gasteiger partial charge >= 0.3 is 0 Å². The first-order valence-electron chi connectivity index (χ1n) is 4.86. The molecule has 1 rings (SSSR count). The third kappa shape index (κ3) is 3.10. The highest BCUT2D eigenvalue weighted by atomic mass is 16.5. The molecule has 0 spiro atoms. The van der Waals surface area contributed by atoms with Crippen LogP contribution >= 0.6 is 0 Å². The lowest BCUT2D eigenvalue weighted by Gasteiger charge is -2.10. The molecule has 0 heterocycles. The summed E-state index contributed by atoms with van der Waals surface area (Å²) in [5.74, 6) is 1.42. The molecular weight excluding hydrogens is 174 g/mol. The summed E-state index contributed by atoms with van der Waals surface area (Å²) in [4.78, 5) is 3.32. The molecule has 74 valence electrons. The Kier molecular flexibility index (Phi) is 4.00. The fraction of sp³-hybridized carbons (Fsp3) is 0.417. The molecule has 0 aliphatic carbocycles. The van der Waals surface area contributed by atoms with E-state index in [0.29, 0.717) is 11.6 Å². The molecule has 0 amide bonds. The van der Waals surface area contributed by atoms with Crippen LogP contribution in [0.3, 0.4) is 0 Å². The maximum Gasteiger partial charge on any atom is 0.187 e. The second kappa shape index (κ2) is 5.29. The summed E-state index contributed by atoms with van der Waals surface area (Å²) in [6.07, 6.45) is 1.13. The lowest BCUT2D eigenvalue weighted by atomic mass is 10.1. The van der Waals surface area contributed by atoms with Gasteiger partial charge < -0.3 is 4.74 Å². The van der Waals surface area contributed by atoms with E-state index in [9.17, 15) is 0 Å². The SMILES string of the molecule is [C-]#[N+]c1ccc(OC[C@@H](C)CC)cc1. The molecule has 0 unspecified atom stereocenters. The molecule has 0 fully saturated rings. The standard InChI is InChI=1S/C12H15NO/c1-4-10(2)9-14-12-7-5-11(13-3)6-8-12/h5-8,10H,4,9H2,1-2H3/t10-/m0/s1. The Morgan fingerprint density at radius 2 is 2.00 bits per heavy atom. The highest BCUT2D eigenvalue weighted by Gasteiger charge is 1.99. The molecular formula is C12H15NO. The van der Waals surface area contributed by atoms with Gasteiger partial charge in [0.15, 0.2) is 5.69 Å². The zero-order valence-corrected chi connectivity index (χ0v) is 8.66. The molecule has 0 aliphatic rings. The maximum absolute atomic E-state index is 6.80. The Hall–Kier alpha value is -1.49. The van der Waals surface area contributed by atoms with Crippen LogP contribution in [0.5, 0.6) is 5.75 Å². The van der Waals surface area contributed by atoms with Crippen molar-refractivity contribution in [2.45, 2.75) is 20.3 Å². The van der Waals surface area contributed by atoms with E-state index < -0.39 is 0 Å². The van der Waals surface area contributed by atoms with E-state index >= 15 is 0 Å². The largest absolute Gasteiger partial charge is 0.493 e. The van der Waals surface area contributed by atoms with E-state index in [1.54, 1.807) is 12.1 Å². The first kappa shape index (κ1) is 10.6. The fourth-order valence-corrected chi connectivity index (χ4v) is 0.973. The van der Waals surface area contributed by atoms with Crippen LogP contribution in [-0.4, -0.2) is 6.61 Å². The van der Waals surface area contributed by atoms with Gasteiger partial charge in [-0.15, -0.1) is 0 Å². The highest BCUT2D eigenvalue weighted by molar-refractivity contribution is 5.46. The van der Waals surface area contributed by atoms with Gasteiger partial charge in [0.1, 0.15) is 5.75 Å². The molecule has 0 saturated heterocycles. The zero-order valence-electron chi connectivity index (χ0n) is 8.66. The van der Waals surface area contributed by atoms with E-state index in [0.717, 1.165) is 18.8 Å². The maximum atomic E-state index is 6.80. The Balaban J connectivity index is 2.49. The predicted octanol–water partition coefficient (Wildman–Crippen LogP) is 3.66. The van der Waals surface area contributed by atoms with Gasteiger partial charge in [-0.05, 0) is 18.1 Å². The Morgan fingerprint density at radius 3 is 2.50 bits per heavy atom. The van der Waals surface area contributed by atoms with E-state index in [-0.39, 0.29) is 0 Å². The molecule has 1 atom stereocenters. The molecule has 0 bridgehead atoms. The van der Waals surface area contributed by atoms with Crippen molar-refractivity contribution < 1.29 is 4.74 Å². The molecule has 1 aromatic rings. The monoisotopic (exact) mass is 189 g/mol. The quantitative estimate of drug-likeness (QED) is 0.659. The molecule has 14 heavy (non-hydrogen) atoms. The van der Waals surface area contributed by atoms with Crippen molar-refractivity contribution in [2.24, 2.45) is 5.92 Å². The number of nitrogens with zero attached hydrogens (tertiary/aromatic N) is 1. The number of benzene rings is 1. The summed E-state index contributed by atoms with van der Waals surface area (Å²) in [6, 6.07) is 7.24. The summed E-state index contributed by atoms with van der Waals surface area (Å²) >= 11 is 0. The van der Waals surface area contributed by atoms with Crippen molar-refractivity contribution in [3.8, 4) is 5.75 Å². The van der Waals surface area contributed by atoms with Crippen LogP contribution in [0, 0.1) is 12.5 Å². The minimum Gasteiger partial charge on any atom is -0.493 e. The molecule has 1 aromatic carbocycles. The van der Waals surface area contributed by atoms with Crippen LogP contribution in [0.1, 0.15) is 20.3 Å². The van der Waals surface area contributed by atoms with Crippen LogP contribution in [-0.2, 0) is 0 Å². The average molecular weight is 189 g/mol. The molecule has 2 nitrogen and oxygen atoms in total. The average Bonchev–Trinajstić information content (AvgIpc) is 2.26. The van der Waals surface area contributed by atoms with Crippen molar-refractivity contribution in [1.82, 2.24) is 0 Å². The van der Waals surface area contributed by atoms with Crippen molar-refractivity contribution >= 4 is 5.69 Å². The van der Waals surface area contributed by atoms with E-state index in [4.69, 9.17) is 11.3 Å². The molecule has 0 aliphatic heterocycles. The van der Waals surface area contributed by atoms with E-state index in [1.807, 2.05) is 12.1 Å². The van der Waals surface area contributed by atoms with Gasteiger partial charge in [0.2, 0.25) is 0 Å². The van der Waals surface area contributed by atoms with Crippen LogP contribution in [0.4, 0.5) is 5.69 Å². The summed E-state index contributed by atoms with van der Waals surface area (Å²) in [5.41, 5.74) is 0.654. The predicted molar refractivity (Wildman–Crippen MR) is 57.7 cm³/mol. The van der Waals surface area contributed by atoms with Crippen LogP contribution in [0.15, 0.2) is 24.3 Å². The van der Waals surface area contributed by atoms with Gasteiger partial charge in [-0.1, -0.05) is 32.4 Å². The smallest absolute Gasteiger partial charge is 0.187 e. The number of hydrogen-bond acceptors (Lipinski definition) is 1. The fourth-order valence-electron chi connectivity index (χ4n) is 0.973. The van der Waals surface area contributed by atoms with E-state index in [1.165, 1.54) is 0 Å². The van der Waals surface area contributed by atoms with Gasteiger partial charge in [-0.2, -0.15) is 0 Å².